The van der Waals surface area contributed by atoms with E-state index >= 15 is 0 Å². The number of hydrogen-bond acceptors (Lipinski definition) is 2. The Balaban J connectivity index is 2.42. The molecule has 1 fully saturated rings. The Kier molecular flexibility index (Phi) is 3.14. The maximum Gasteiger partial charge on any atom is 0.337 e. The molecule has 1 amide bonds. The van der Waals surface area contributed by atoms with Gasteiger partial charge in [0.25, 0.3) is 0 Å². The Bertz CT molecular complexity index is 527. The first-order valence-electron chi connectivity index (χ1n) is 5.48. The number of carboxylic acid groups (broad SMARTS) is 1. The smallest absolute Gasteiger partial charge is 0.337 e. The number of aromatic carboxylic acids is 1. The molecule has 94 valence electrons. The molecule has 1 unspecified atom stereocenters. The highest BCUT2D eigenvalue weighted by Gasteiger charge is 2.31. The maximum atomic E-state index is 13.1. The lowest BCUT2D eigenvalue weighted by Gasteiger charge is -2.18. The number of rotatable bonds is 3. The summed E-state index contributed by atoms with van der Waals surface area (Å²) in [4.78, 5) is 24.2. The first-order chi connectivity index (χ1) is 8.52. The normalized spacial score (nSPS) is 19.1. The van der Waals surface area contributed by atoms with E-state index in [4.69, 9.17) is 5.11 Å². The molecule has 0 aliphatic carbocycles. The molecule has 1 N–H and O–H groups in total. The molecule has 0 aromatic heterocycles. The lowest BCUT2D eigenvalue weighted by Crippen LogP contribution is -2.26. The van der Waals surface area contributed by atoms with Gasteiger partial charge in [0, 0.05) is 18.9 Å². The average Bonchev–Trinajstić information content (AvgIpc) is 2.70. The van der Waals surface area contributed by atoms with Crippen molar-refractivity contribution >= 4 is 17.6 Å². The van der Waals surface area contributed by atoms with Crippen LogP contribution in [-0.2, 0) is 4.79 Å². The van der Waals surface area contributed by atoms with E-state index in [0.717, 1.165) is 12.1 Å². The molecule has 5 heteroatoms. The predicted molar refractivity (Wildman–Crippen MR) is 64.0 cm³/mol. The van der Waals surface area contributed by atoms with E-state index in [0.29, 0.717) is 13.0 Å². The second-order valence-electron chi connectivity index (χ2n) is 4.17. The molecule has 0 saturated carbocycles. The molecule has 0 spiro atoms. The van der Waals surface area contributed by atoms with Crippen molar-refractivity contribution in [2.75, 3.05) is 11.4 Å². The number of halogens is 1. The standard InChI is InChI=1S/C13H12FNO3/c1-2-8-5-12(16)15(7-8)11-4-3-9(14)6-10(11)13(17)18/h2-4,6,8H,1,5,7H2,(H,17,18). The number of hydrogen-bond donors (Lipinski definition) is 1. The average molecular weight is 249 g/mol. The minimum absolute atomic E-state index is 0.00389. The van der Waals surface area contributed by atoms with Crippen molar-refractivity contribution in [3.63, 3.8) is 0 Å². The zero-order valence-electron chi connectivity index (χ0n) is 9.60. The van der Waals surface area contributed by atoms with Gasteiger partial charge in [-0.05, 0) is 18.2 Å². The van der Waals surface area contributed by atoms with Gasteiger partial charge in [-0.3, -0.25) is 4.79 Å². The predicted octanol–water partition coefficient (Wildman–Crippen LogP) is 2.06. The Morgan fingerprint density at radius 3 is 2.83 bits per heavy atom. The summed E-state index contributed by atoms with van der Waals surface area (Å²) in [6.45, 7) is 4.00. The zero-order chi connectivity index (χ0) is 13.3. The summed E-state index contributed by atoms with van der Waals surface area (Å²) < 4.78 is 13.1. The number of carboxylic acids is 1. The van der Waals surface area contributed by atoms with Crippen molar-refractivity contribution in [1.29, 1.82) is 0 Å². The van der Waals surface area contributed by atoms with Crippen molar-refractivity contribution in [2.24, 2.45) is 5.92 Å². The van der Waals surface area contributed by atoms with Gasteiger partial charge in [-0.25, -0.2) is 9.18 Å². The summed E-state index contributed by atoms with van der Waals surface area (Å²) in [7, 11) is 0. The van der Waals surface area contributed by atoms with Gasteiger partial charge < -0.3 is 10.0 Å². The van der Waals surface area contributed by atoms with Gasteiger partial charge >= 0.3 is 5.97 Å². The molecule has 18 heavy (non-hydrogen) atoms. The molecule has 1 aromatic carbocycles. The van der Waals surface area contributed by atoms with Crippen LogP contribution in [0.25, 0.3) is 0 Å². The van der Waals surface area contributed by atoms with E-state index in [-0.39, 0.29) is 23.1 Å². The molecule has 2 rings (SSSR count). The fourth-order valence-electron chi connectivity index (χ4n) is 2.04. The van der Waals surface area contributed by atoms with E-state index in [1.54, 1.807) is 6.08 Å². The highest BCUT2D eigenvalue weighted by molar-refractivity contribution is 6.03. The van der Waals surface area contributed by atoms with Gasteiger partial charge in [-0.2, -0.15) is 0 Å². The number of anilines is 1. The molecular weight excluding hydrogens is 237 g/mol. The summed E-state index contributed by atoms with van der Waals surface area (Å²) in [6, 6.07) is 3.39. The van der Waals surface area contributed by atoms with Crippen molar-refractivity contribution < 1.29 is 19.1 Å². The molecule has 1 aliphatic heterocycles. The highest BCUT2D eigenvalue weighted by Crippen LogP contribution is 2.29. The summed E-state index contributed by atoms with van der Waals surface area (Å²) in [6.07, 6.45) is 1.97. The Morgan fingerprint density at radius 2 is 2.28 bits per heavy atom. The van der Waals surface area contributed by atoms with Gasteiger partial charge in [0.2, 0.25) is 5.91 Å². The Labute approximate surface area is 103 Å². The summed E-state index contributed by atoms with van der Waals surface area (Å²) in [5.74, 6) is -2.05. The van der Waals surface area contributed by atoms with Crippen LogP contribution in [-0.4, -0.2) is 23.5 Å². The third-order valence-electron chi connectivity index (χ3n) is 2.97. The largest absolute Gasteiger partial charge is 0.478 e. The summed E-state index contributed by atoms with van der Waals surface area (Å²) >= 11 is 0. The molecule has 1 saturated heterocycles. The monoisotopic (exact) mass is 249 g/mol. The molecule has 1 aromatic rings. The minimum atomic E-state index is -1.25. The van der Waals surface area contributed by atoms with Crippen LogP contribution in [0.15, 0.2) is 30.9 Å². The quantitative estimate of drug-likeness (QED) is 0.834. The van der Waals surface area contributed by atoms with Crippen molar-refractivity contribution in [3.05, 3.63) is 42.2 Å². The number of carbonyl (C=O) groups excluding carboxylic acids is 1. The fourth-order valence-corrected chi connectivity index (χ4v) is 2.04. The number of carbonyl (C=O) groups is 2. The van der Waals surface area contributed by atoms with Crippen LogP contribution in [0.3, 0.4) is 0 Å². The van der Waals surface area contributed by atoms with E-state index in [2.05, 4.69) is 6.58 Å². The van der Waals surface area contributed by atoms with Crippen LogP contribution in [0.5, 0.6) is 0 Å². The molecule has 4 nitrogen and oxygen atoms in total. The second kappa shape index (κ2) is 4.60. The van der Waals surface area contributed by atoms with E-state index in [9.17, 15) is 14.0 Å². The van der Waals surface area contributed by atoms with Gasteiger partial charge in [0.1, 0.15) is 5.82 Å². The molecule has 0 bridgehead atoms. The number of benzene rings is 1. The second-order valence-corrected chi connectivity index (χ2v) is 4.17. The summed E-state index contributed by atoms with van der Waals surface area (Å²) in [5, 5.41) is 9.04. The van der Waals surface area contributed by atoms with E-state index in [1.165, 1.54) is 11.0 Å². The number of amides is 1. The van der Waals surface area contributed by atoms with Crippen molar-refractivity contribution in [2.45, 2.75) is 6.42 Å². The Hall–Kier alpha value is -2.17. The topological polar surface area (TPSA) is 57.6 Å². The molecule has 1 heterocycles. The lowest BCUT2D eigenvalue weighted by atomic mass is 10.1. The van der Waals surface area contributed by atoms with E-state index < -0.39 is 11.8 Å². The van der Waals surface area contributed by atoms with Gasteiger partial charge in [0.15, 0.2) is 0 Å². The number of nitrogens with zero attached hydrogens (tertiary/aromatic N) is 1. The van der Waals surface area contributed by atoms with Crippen LogP contribution in [0, 0.1) is 11.7 Å². The third kappa shape index (κ3) is 2.11. The first kappa shape index (κ1) is 12.3. The van der Waals surface area contributed by atoms with Crippen molar-refractivity contribution in [1.82, 2.24) is 0 Å². The first-order valence-corrected chi connectivity index (χ1v) is 5.48. The van der Waals surface area contributed by atoms with Gasteiger partial charge in [-0.15, -0.1) is 6.58 Å². The summed E-state index contributed by atoms with van der Waals surface area (Å²) in [5.41, 5.74) is 0.0336. The maximum absolute atomic E-state index is 13.1. The van der Waals surface area contributed by atoms with Gasteiger partial charge in [-0.1, -0.05) is 6.08 Å². The van der Waals surface area contributed by atoms with Crippen LogP contribution in [0.1, 0.15) is 16.8 Å². The zero-order valence-corrected chi connectivity index (χ0v) is 9.60. The van der Waals surface area contributed by atoms with Crippen LogP contribution in [0.2, 0.25) is 0 Å². The molecule has 1 atom stereocenters. The lowest BCUT2D eigenvalue weighted by molar-refractivity contribution is -0.117. The molecule has 0 radical (unpaired) electrons. The van der Waals surface area contributed by atoms with E-state index in [1.807, 2.05) is 0 Å². The minimum Gasteiger partial charge on any atom is -0.478 e. The Morgan fingerprint density at radius 1 is 1.56 bits per heavy atom. The van der Waals surface area contributed by atoms with Crippen LogP contribution in [0.4, 0.5) is 10.1 Å². The fraction of sp³-hybridized carbons (Fsp3) is 0.231. The van der Waals surface area contributed by atoms with Crippen LogP contribution >= 0.6 is 0 Å². The molecular formula is C13H12FNO3. The SMILES string of the molecule is C=CC1CC(=O)N(c2ccc(F)cc2C(=O)O)C1. The van der Waals surface area contributed by atoms with Gasteiger partial charge in [0.05, 0.1) is 11.3 Å². The van der Waals surface area contributed by atoms with Crippen molar-refractivity contribution in [3.8, 4) is 0 Å². The third-order valence-corrected chi connectivity index (χ3v) is 2.97. The highest BCUT2D eigenvalue weighted by atomic mass is 19.1. The molecule has 1 aliphatic rings. The van der Waals surface area contributed by atoms with Crippen LogP contribution < -0.4 is 4.90 Å².